The fourth-order valence-electron chi connectivity index (χ4n) is 1.70. The predicted molar refractivity (Wildman–Crippen MR) is 70.0 cm³/mol. The van der Waals surface area contributed by atoms with Crippen LogP contribution >= 0.6 is 0 Å². The van der Waals surface area contributed by atoms with Gasteiger partial charge in [-0.15, -0.1) is 0 Å². The Hall–Kier alpha value is -1.84. The van der Waals surface area contributed by atoms with Crippen molar-refractivity contribution in [2.45, 2.75) is 20.8 Å². The van der Waals surface area contributed by atoms with Gasteiger partial charge >= 0.3 is 0 Å². The largest absolute Gasteiger partial charge is 0.483 e. The minimum absolute atomic E-state index is 0.0361. The van der Waals surface area contributed by atoms with E-state index < -0.39 is 0 Å². The number of hydrogen-bond acceptors (Lipinski definition) is 3. The van der Waals surface area contributed by atoms with Gasteiger partial charge in [-0.1, -0.05) is 11.6 Å². The maximum atomic E-state index is 11.8. The second-order valence-corrected chi connectivity index (χ2v) is 4.01. The van der Waals surface area contributed by atoms with Gasteiger partial charge < -0.3 is 9.64 Å². The number of amides is 1. The van der Waals surface area contributed by atoms with Crippen LogP contribution in [0.3, 0.4) is 0 Å². The molecular weight excluding hydrogens is 230 g/mol. The van der Waals surface area contributed by atoms with E-state index in [2.05, 4.69) is 0 Å². The molecule has 0 aliphatic carbocycles. The molecule has 0 saturated carbocycles. The lowest BCUT2D eigenvalue weighted by atomic mass is 10.1. The molecule has 1 aromatic rings. The molecule has 0 atom stereocenters. The van der Waals surface area contributed by atoms with Crippen molar-refractivity contribution in [3.05, 3.63) is 29.3 Å². The smallest absolute Gasteiger partial charge is 0.260 e. The summed E-state index contributed by atoms with van der Waals surface area (Å²) in [4.78, 5) is 24.3. The van der Waals surface area contributed by atoms with Gasteiger partial charge in [0.2, 0.25) is 0 Å². The van der Waals surface area contributed by atoms with Gasteiger partial charge in [0.1, 0.15) is 5.75 Å². The van der Waals surface area contributed by atoms with Crippen LogP contribution in [0.5, 0.6) is 5.75 Å². The van der Waals surface area contributed by atoms with Gasteiger partial charge in [0.15, 0.2) is 12.9 Å². The van der Waals surface area contributed by atoms with Crippen LogP contribution < -0.4 is 4.74 Å². The molecule has 0 fully saturated rings. The molecule has 0 aromatic heterocycles. The van der Waals surface area contributed by atoms with Crippen molar-refractivity contribution in [1.29, 1.82) is 0 Å². The summed E-state index contributed by atoms with van der Waals surface area (Å²) in [7, 11) is 0. The monoisotopic (exact) mass is 249 g/mol. The Balaban J connectivity index is 2.69. The van der Waals surface area contributed by atoms with Gasteiger partial charge in [0.05, 0.1) is 5.56 Å². The van der Waals surface area contributed by atoms with E-state index in [0.29, 0.717) is 24.4 Å². The summed E-state index contributed by atoms with van der Waals surface area (Å²) in [6.07, 6.45) is 0.740. The maximum Gasteiger partial charge on any atom is 0.260 e. The number of ether oxygens (including phenoxy) is 1. The number of likely N-dealkylation sites (N-methyl/N-ethyl adjacent to an activating group) is 1. The van der Waals surface area contributed by atoms with E-state index in [1.165, 1.54) is 0 Å². The standard InChI is InChI=1S/C14H19NO3/c1-4-15(5-2)14(17)10-18-13-7-6-11(3)8-12(13)9-16/h6-9H,4-5,10H2,1-3H3. The molecule has 0 unspecified atom stereocenters. The second kappa shape index (κ2) is 6.79. The van der Waals surface area contributed by atoms with Crippen LogP contribution in [-0.4, -0.2) is 36.8 Å². The van der Waals surface area contributed by atoms with E-state index in [1.54, 1.807) is 17.0 Å². The van der Waals surface area contributed by atoms with Crippen LogP contribution in [0.1, 0.15) is 29.8 Å². The highest BCUT2D eigenvalue weighted by atomic mass is 16.5. The molecule has 4 nitrogen and oxygen atoms in total. The molecule has 1 aromatic carbocycles. The predicted octanol–water partition coefficient (Wildman–Crippen LogP) is 2.05. The first-order chi connectivity index (χ1) is 8.62. The summed E-state index contributed by atoms with van der Waals surface area (Å²) in [5.41, 5.74) is 1.46. The van der Waals surface area contributed by atoms with Crippen molar-refractivity contribution < 1.29 is 14.3 Å². The molecule has 0 aliphatic heterocycles. The highest BCUT2D eigenvalue weighted by molar-refractivity contribution is 5.81. The third kappa shape index (κ3) is 3.58. The summed E-state index contributed by atoms with van der Waals surface area (Å²) in [6.45, 7) is 7.03. The molecular formula is C14H19NO3. The number of benzene rings is 1. The molecule has 0 radical (unpaired) electrons. The molecule has 0 bridgehead atoms. The van der Waals surface area contributed by atoms with E-state index in [9.17, 15) is 9.59 Å². The Bertz CT molecular complexity index is 425. The van der Waals surface area contributed by atoms with E-state index >= 15 is 0 Å². The van der Waals surface area contributed by atoms with Crippen molar-refractivity contribution >= 4 is 12.2 Å². The van der Waals surface area contributed by atoms with Gasteiger partial charge in [-0.25, -0.2) is 0 Å². The fourth-order valence-corrected chi connectivity index (χ4v) is 1.70. The number of aryl methyl sites for hydroxylation is 1. The average Bonchev–Trinajstić information content (AvgIpc) is 2.38. The maximum absolute atomic E-state index is 11.8. The highest BCUT2D eigenvalue weighted by Crippen LogP contribution is 2.18. The third-order valence-electron chi connectivity index (χ3n) is 2.76. The van der Waals surface area contributed by atoms with Gasteiger partial charge in [-0.3, -0.25) is 9.59 Å². The van der Waals surface area contributed by atoms with Gasteiger partial charge in [0.25, 0.3) is 5.91 Å². The van der Waals surface area contributed by atoms with Crippen molar-refractivity contribution in [2.24, 2.45) is 0 Å². The number of carbonyl (C=O) groups is 2. The number of hydrogen-bond donors (Lipinski definition) is 0. The molecule has 0 N–H and O–H groups in total. The van der Waals surface area contributed by atoms with Crippen molar-refractivity contribution in [3.8, 4) is 5.75 Å². The zero-order valence-corrected chi connectivity index (χ0v) is 11.1. The topological polar surface area (TPSA) is 46.6 Å². The summed E-state index contributed by atoms with van der Waals surface area (Å²) in [5, 5.41) is 0. The summed E-state index contributed by atoms with van der Waals surface area (Å²) in [5.74, 6) is 0.383. The molecule has 0 spiro atoms. The zero-order valence-electron chi connectivity index (χ0n) is 11.1. The van der Waals surface area contributed by atoms with Crippen LogP contribution in [0, 0.1) is 6.92 Å². The van der Waals surface area contributed by atoms with Gasteiger partial charge in [-0.2, -0.15) is 0 Å². The Labute approximate surface area is 108 Å². The minimum atomic E-state index is -0.0718. The number of rotatable bonds is 6. The number of nitrogens with zero attached hydrogens (tertiary/aromatic N) is 1. The van der Waals surface area contributed by atoms with Gasteiger partial charge in [-0.05, 0) is 32.9 Å². The van der Waals surface area contributed by atoms with E-state index in [0.717, 1.165) is 11.8 Å². The number of carbonyl (C=O) groups excluding carboxylic acids is 2. The first kappa shape index (κ1) is 14.2. The van der Waals surface area contributed by atoms with Crippen LogP contribution in [0.15, 0.2) is 18.2 Å². The van der Waals surface area contributed by atoms with E-state index in [1.807, 2.05) is 26.8 Å². The summed E-state index contributed by atoms with van der Waals surface area (Å²) >= 11 is 0. The van der Waals surface area contributed by atoms with E-state index in [4.69, 9.17) is 4.74 Å². The Morgan fingerprint density at radius 3 is 2.56 bits per heavy atom. The molecule has 0 aliphatic rings. The molecule has 1 rings (SSSR count). The normalized spacial score (nSPS) is 9.94. The van der Waals surface area contributed by atoms with Gasteiger partial charge in [0, 0.05) is 13.1 Å². The molecule has 1 amide bonds. The Morgan fingerprint density at radius 1 is 1.33 bits per heavy atom. The molecule has 18 heavy (non-hydrogen) atoms. The lowest BCUT2D eigenvalue weighted by Gasteiger charge is -2.19. The third-order valence-corrected chi connectivity index (χ3v) is 2.76. The Morgan fingerprint density at radius 2 is 2.00 bits per heavy atom. The zero-order chi connectivity index (χ0) is 13.5. The Kier molecular flexibility index (Phi) is 5.36. The molecule has 0 heterocycles. The molecule has 4 heteroatoms. The SMILES string of the molecule is CCN(CC)C(=O)COc1ccc(C)cc1C=O. The average molecular weight is 249 g/mol. The lowest BCUT2D eigenvalue weighted by molar-refractivity contribution is -0.132. The van der Waals surface area contributed by atoms with Crippen LogP contribution in [0.25, 0.3) is 0 Å². The van der Waals surface area contributed by atoms with Crippen LogP contribution in [-0.2, 0) is 4.79 Å². The highest BCUT2D eigenvalue weighted by Gasteiger charge is 2.11. The van der Waals surface area contributed by atoms with Crippen LogP contribution in [0.2, 0.25) is 0 Å². The minimum Gasteiger partial charge on any atom is -0.483 e. The van der Waals surface area contributed by atoms with E-state index in [-0.39, 0.29) is 12.5 Å². The van der Waals surface area contributed by atoms with Crippen molar-refractivity contribution in [1.82, 2.24) is 4.90 Å². The first-order valence-corrected chi connectivity index (χ1v) is 6.08. The summed E-state index contributed by atoms with van der Waals surface area (Å²) in [6, 6.07) is 5.31. The first-order valence-electron chi connectivity index (χ1n) is 6.08. The quantitative estimate of drug-likeness (QED) is 0.725. The second-order valence-electron chi connectivity index (χ2n) is 4.01. The fraction of sp³-hybridized carbons (Fsp3) is 0.429. The molecule has 0 saturated heterocycles. The van der Waals surface area contributed by atoms with Crippen LogP contribution in [0.4, 0.5) is 0 Å². The summed E-state index contributed by atoms with van der Waals surface area (Å²) < 4.78 is 5.41. The number of aldehydes is 1. The van der Waals surface area contributed by atoms with Crippen molar-refractivity contribution in [2.75, 3.05) is 19.7 Å². The van der Waals surface area contributed by atoms with Crippen molar-refractivity contribution in [3.63, 3.8) is 0 Å². The molecule has 98 valence electrons. The lowest BCUT2D eigenvalue weighted by Crippen LogP contribution is -2.34.